The van der Waals surface area contributed by atoms with Gasteiger partial charge in [0, 0.05) is 31.9 Å². The maximum Gasteiger partial charge on any atom is 0.242 e. The summed E-state index contributed by atoms with van der Waals surface area (Å²) in [5, 5.41) is 0. The summed E-state index contributed by atoms with van der Waals surface area (Å²) in [5.41, 5.74) is 7.60. The fourth-order valence-electron chi connectivity index (χ4n) is 2.40. The molecule has 1 aliphatic heterocycles. The molecule has 1 aliphatic rings. The second-order valence-corrected chi connectivity index (χ2v) is 5.84. The van der Waals surface area contributed by atoms with Crippen LogP contribution in [0, 0.1) is 6.92 Å². The monoisotopic (exact) mass is 333 g/mol. The van der Waals surface area contributed by atoms with Crippen molar-refractivity contribution in [3.63, 3.8) is 0 Å². The predicted molar refractivity (Wildman–Crippen MR) is 92.7 cm³/mol. The zero-order valence-electron chi connectivity index (χ0n) is 12.8. The summed E-state index contributed by atoms with van der Waals surface area (Å²) in [6.07, 6.45) is 0. The highest BCUT2D eigenvalue weighted by atomic mass is 35.5. The lowest BCUT2D eigenvalue weighted by Gasteiger charge is -2.38. The zero-order chi connectivity index (χ0) is 14.0. The van der Waals surface area contributed by atoms with Crippen LogP contribution >= 0.6 is 24.8 Å². The normalized spacial score (nSPS) is 15.0. The van der Waals surface area contributed by atoms with E-state index >= 15 is 0 Å². The minimum atomic E-state index is -0.772. The van der Waals surface area contributed by atoms with Crippen LogP contribution in [-0.2, 0) is 4.79 Å². The Morgan fingerprint density at radius 3 is 2.19 bits per heavy atom. The molecule has 0 spiro atoms. The minimum absolute atomic E-state index is 0. The van der Waals surface area contributed by atoms with Crippen molar-refractivity contribution in [1.29, 1.82) is 0 Å². The van der Waals surface area contributed by atoms with Crippen molar-refractivity contribution in [2.75, 3.05) is 31.1 Å². The van der Waals surface area contributed by atoms with Crippen LogP contribution in [0.15, 0.2) is 24.3 Å². The summed E-state index contributed by atoms with van der Waals surface area (Å²) in [6.45, 7) is 8.85. The van der Waals surface area contributed by atoms with Crippen LogP contribution in [-0.4, -0.2) is 42.5 Å². The number of anilines is 1. The molecule has 21 heavy (non-hydrogen) atoms. The number of rotatable bonds is 2. The van der Waals surface area contributed by atoms with Gasteiger partial charge < -0.3 is 15.5 Å². The van der Waals surface area contributed by atoms with Crippen molar-refractivity contribution >= 4 is 36.4 Å². The van der Waals surface area contributed by atoms with Crippen molar-refractivity contribution < 1.29 is 4.79 Å². The van der Waals surface area contributed by atoms with E-state index in [2.05, 4.69) is 36.1 Å². The Balaban J connectivity index is 0.00000200. The van der Waals surface area contributed by atoms with Gasteiger partial charge in [0.25, 0.3) is 0 Å². The van der Waals surface area contributed by atoms with E-state index in [0.29, 0.717) is 0 Å². The molecular weight excluding hydrogens is 309 g/mol. The molecule has 0 bridgehead atoms. The molecule has 1 saturated heterocycles. The van der Waals surface area contributed by atoms with Crippen molar-refractivity contribution in [2.45, 2.75) is 26.3 Å². The summed E-state index contributed by atoms with van der Waals surface area (Å²) < 4.78 is 0. The van der Waals surface area contributed by atoms with Gasteiger partial charge in [-0.1, -0.05) is 12.1 Å². The van der Waals surface area contributed by atoms with Crippen molar-refractivity contribution in [3.05, 3.63) is 29.8 Å². The molecule has 0 saturated carbocycles. The van der Waals surface area contributed by atoms with E-state index in [1.165, 1.54) is 11.3 Å². The van der Waals surface area contributed by atoms with Gasteiger partial charge in [-0.2, -0.15) is 0 Å². The van der Waals surface area contributed by atoms with Gasteiger partial charge in [0.05, 0.1) is 5.54 Å². The van der Waals surface area contributed by atoms with Gasteiger partial charge in [0.15, 0.2) is 0 Å². The molecule has 0 unspecified atom stereocenters. The van der Waals surface area contributed by atoms with Crippen LogP contribution in [0.1, 0.15) is 19.4 Å². The van der Waals surface area contributed by atoms with E-state index in [1.54, 1.807) is 13.8 Å². The fourth-order valence-corrected chi connectivity index (χ4v) is 2.40. The van der Waals surface area contributed by atoms with Gasteiger partial charge in [0.2, 0.25) is 5.91 Å². The number of carbonyl (C=O) groups excluding carboxylic acids is 1. The summed E-state index contributed by atoms with van der Waals surface area (Å²) in [5.74, 6) is 0.0383. The van der Waals surface area contributed by atoms with E-state index in [-0.39, 0.29) is 30.7 Å². The number of carbonyl (C=O) groups is 1. The molecule has 1 aromatic carbocycles. The molecule has 2 rings (SSSR count). The first-order chi connectivity index (χ1) is 8.88. The average molecular weight is 334 g/mol. The minimum Gasteiger partial charge on any atom is -0.368 e. The lowest BCUT2D eigenvalue weighted by atomic mass is 10.0. The topological polar surface area (TPSA) is 49.6 Å². The molecule has 1 aromatic rings. The van der Waals surface area contributed by atoms with E-state index in [9.17, 15) is 4.79 Å². The van der Waals surface area contributed by atoms with Crippen LogP contribution in [0.2, 0.25) is 0 Å². The molecule has 0 aromatic heterocycles. The summed E-state index contributed by atoms with van der Waals surface area (Å²) in [7, 11) is 0. The van der Waals surface area contributed by atoms with Crippen molar-refractivity contribution in [2.24, 2.45) is 5.73 Å². The third kappa shape index (κ3) is 5.06. The number of amides is 1. The molecule has 0 aliphatic carbocycles. The maximum atomic E-state index is 12.1. The first kappa shape index (κ1) is 20.0. The summed E-state index contributed by atoms with van der Waals surface area (Å²) >= 11 is 0. The van der Waals surface area contributed by atoms with Crippen LogP contribution in [0.4, 0.5) is 5.69 Å². The Labute approximate surface area is 139 Å². The van der Waals surface area contributed by atoms with Gasteiger partial charge in [-0.05, 0) is 38.5 Å². The number of hydrogen-bond donors (Lipinski definition) is 1. The molecular formula is C15H25Cl2N3O. The van der Waals surface area contributed by atoms with Gasteiger partial charge in [0.1, 0.15) is 0 Å². The number of nitrogens with zero attached hydrogens (tertiary/aromatic N) is 2. The van der Waals surface area contributed by atoms with Crippen molar-refractivity contribution in [1.82, 2.24) is 4.90 Å². The molecule has 6 heteroatoms. The standard InChI is InChI=1S/C15H23N3O.2ClH/c1-12-5-4-6-13(11-12)17-7-9-18(10-8-17)14(19)15(2,3)16;;/h4-6,11H,7-10,16H2,1-3H3;2*1H. The Bertz CT molecular complexity index is 466. The number of aryl methyl sites for hydroxylation is 1. The van der Waals surface area contributed by atoms with Gasteiger partial charge >= 0.3 is 0 Å². The molecule has 1 heterocycles. The van der Waals surface area contributed by atoms with Gasteiger partial charge in [-0.25, -0.2) is 0 Å². The molecule has 1 fully saturated rings. The van der Waals surface area contributed by atoms with E-state index < -0.39 is 5.54 Å². The lowest BCUT2D eigenvalue weighted by Crippen LogP contribution is -2.57. The van der Waals surface area contributed by atoms with Crippen LogP contribution < -0.4 is 10.6 Å². The highest BCUT2D eigenvalue weighted by Gasteiger charge is 2.30. The lowest BCUT2D eigenvalue weighted by molar-refractivity contribution is -0.136. The number of hydrogen-bond acceptors (Lipinski definition) is 3. The number of piperazine rings is 1. The van der Waals surface area contributed by atoms with Crippen LogP contribution in [0.3, 0.4) is 0 Å². The SMILES string of the molecule is Cc1cccc(N2CCN(C(=O)C(C)(C)N)CC2)c1.Cl.Cl. The maximum absolute atomic E-state index is 12.1. The quantitative estimate of drug-likeness (QED) is 0.902. The summed E-state index contributed by atoms with van der Waals surface area (Å²) in [6, 6.07) is 8.48. The van der Waals surface area contributed by atoms with E-state index in [4.69, 9.17) is 5.73 Å². The molecule has 120 valence electrons. The Morgan fingerprint density at radius 1 is 1.14 bits per heavy atom. The second-order valence-electron chi connectivity index (χ2n) is 5.84. The van der Waals surface area contributed by atoms with Gasteiger partial charge in [-0.15, -0.1) is 24.8 Å². The van der Waals surface area contributed by atoms with E-state index in [0.717, 1.165) is 26.2 Å². The summed E-state index contributed by atoms with van der Waals surface area (Å²) in [4.78, 5) is 16.3. The van der Waals surface area contributed by atoms with Gasteiger partial charge in [-0.3, -0.25) is 4.79 Å². The Hall–Kier alpha value is -0.970. The highest BCUT2D eigenvalue weighted by molar-refractivity contribution is 5.86. The molecule has 0 radical (unpaired) electrons. The predicted octanol–water partition coefficient (Wildman–Crippen LogP) is 2.22. The second kappa shape index (κ2) is 7.87. The third-order valence-electron chi connectivity index (χ3n) is 3.48. The number of halogens is 2. The van der Waals surface area contributed by atoms with Crippen LogP contribution in [0.5, 0.6) is 0 Å². The highest BCUT2D eigenvalue weighted by Crippen LogP contribution is 2.18. The third-order valence-corrected chi connectivity index (χ3v) is 3.48. The Morgan fingerprint density at radius 2 is 1.71 bits per heavy atom. The molecule has 0 atom stereocenters. The smallest absolute Gasteiger partial charge is 0.242 e. The zero-order valence-corrected chi connectivity index (χ0v) is 14.5. The van der Waals surface area contributed by atoms with E-state index in [1.807, 2.05) is 4.90 Å². The first-order valence-electron chi connectivity index (χ1n) is 6.78. The average Bonchev–Trinajstić information content (AvgIpc) is 2.37. The van der Waals surface area contributed by atoms with Crippen molar-refractivity contribution in [3.8, 4) is 0 Å². The Kier molecular flexibility index (Phi) is 7.51. The van der Waals surface area contributed by atoms with Crippen LogP contribution in [0.25, 0.3) is 0 Å². The molecule has 2 N–H and O–H groups in total. The molecule has 4 nitrogen and oxygen atoms in total. The number of nitrogens with two attached hydrogens (primary N) is 1. The molecule has 1 amide bonds. The fraction of sp³-hybridized carbons (Fsp3) is 0.533. The first-order valence-corrected chi connectivity index (χ1v) is 6.78. The number of benzene rings is 1. The largest absolute Gasteiger partial charge is 0.368 e.